The van der Waals surface area contributed by atoms with Crippen LogP contribution in [0.2, 0.25) is 5.02 Å². The van der Waals surface area contributed by atoms with Crippen molar-refractivity contribution in [1.82, 2.24) is 5.32 Å². The Morgan fingerprint density at radius 2 is 2.11 bits per heavy atom. The third-order valence-electron chi connectivity index (χ3n) is 4.07. The highest BCUT2D eigenvalue weighted by atomic mass is 35.5. The highest BCUT2D eigenvalue weighted by Gasteiger charge is 2.21. The predicted molar refractivity (Wildman–Crippen MR) is 81.0 cm³/mol. The van der Waals surface area contributed by atoms with Crippen LogP contribution in [0.25, 0.3) is 0 Å². The summed E-state index contributed by atoms with van der Waals surface area (Å²) in [4.78, 5) is 0. The molecule has 2 nitrogen and oxygen atoms in total. The molecular weight excluding hydrogens is 258 g/mol. The van der Waals surface area contributed by atoms with Crippen molar-refractivity contribution < 1.29 is 4.74 Å². The second-order valence-electron chi connectivity index (χ2n) is 5.39. The molecule has 1 unspecified atom stereocenters. The minimum absolute atomic E-state index is 0.416. The Labute approximate surface area is 121 Å². The van der Waals surface area contributed by atoms with Crippen molar-refractivity contribution in [3.63, 3.8) is 0 Å². The van der Waals surface area contributed by atoms with E-state index < -0.39 is 0 Å². The summed E-state index contributed by atoms with van der Waals surface area (Å²) in [6, 6.07) is 6.55. The van der Waals surface area contributed by atoms with Crippen molar-refractivity contribution in [2.24, 2.45) is 5.92 Å². The van der Waals surface area contributed by atoms with E-state index in [1.54, 1.807) is 7.11 Å². The van der Waals surface area contributed by atoms with Crippen LogP contribution in [0.15, 0.2) is 18.2 Å². The summed E-state index contributed by atoms with van der Waals surface area (Å²) >= 11 is 6.10. The van der Waals surface area contributed by atoms with Crippen molar-refractivity contribution in [3.05, 3.63) is 28.8 Å². The maximum atomic E-state index is 6.10. The zero-order valence-electron chi connectivity index (χ0n) is 11.9. The van der Waals surface area contributed by atoms with Gasteiger partial charge in [0.05, 0.1) is 12.1 Å². The first kappa shape index (κ1) is 14.7. The minimum Gasteiger partial charge on any atom is -0.495 e. The molecule has 1 aromatic rings. The number of hydrogen-bond acceptors (Lipinski definition) is 2. The van der Waals surface area contributed by atoms with E-state index >= 15 is 0 Å². The van der Waals surface area contributed by atoms with Crippen molar-refractivity contribution in [3.8, 4) is 5.75 Å². The number of hydrogen-bond donors (Lipinski definition) is 1. The molecule has 0 spiro atoms. The van der Waals surface area contributed by atoms with E-state index in [0.717, 1.165) is 18.2 Å². The summed E-state index contributed by atoms with van der Waals surface area (Å²) in [5.41, 5.74) is 1.29. The maximum Gasteiger partial charge on any atom is 0.137 e. The summed E-state index contributed by atoms with van der Waals surface area (Å²) in [6.07, 6.45) is 6.78. The molecule has 1 N–H and O–H groups in total. The van der Waals surface area contributed by atoms with Gasteiger partial charge in [-0.05, 0) is 36.6 Å². The van der Waals surface area contributed by atoms with Crippen LogP contribution in [0.4, 0.5) is 0 Å². The van der Waals surface area contributed by atoms with Gasteiger partial charge in [0.25, 0.3) is 0 Å². The van der Waals surface area contributed by atoms with Crippen molar-refractivity contribution in [1.29, 1.82) is 0 Å². The van der Waals surface area contributed by atoms with Crippen LogP contribution >= 0.6 is 11.6 Å². The SMILES string of the molecule is CCNC(CC1CCCC1)c1ccc(Cl)c(OC)c1. The van der Waals surface area contributed by atoms with Gasteiger partial charge in [-0.15, -0.1) is 0 Å². The maximum absolute atomic E-state index is 6.10. The molecule has 2 rings (SSSR count). The number of benzene rings is 1. The molecule has 0 bridgehead atoms. The Bertz CT molecular complexity index is 402. The van der Waals surface area contributed by atoms with E-state index in [-0.39, 0.29) is 0 Å². The van der Waals surface area contributed by atoms with Gasteiger partial charge in [-0.25, -0.2) is 0 Å². The second-order valence-corrected chi connectivity index (χ2v) is 5.80. The van der Waals surface area contributed by atoms with Crippen molar-refractivity contribution >= 4 is 11.6 Å². The number of rotatable bonds is 6. The molecular formula is C16H24ClNO. The number of nitrogens with one attached hydrogen (secondary N) is 1. The lowest BCUT2D eigenvalue weighted by molar-refractivity contribution is 0.394. The third-order valence-corrected chi connectivity index (χ3v) is 4.38. The number of ether oxygens (including phenoxy) is 1. The van der Waals surface area contributed by atoms with E-state index in [0.29, 0.717) is 11.1 Å². The van der Waals surface area contributed by atoms with Gasteiger partial charge in [0.1, 0.15) is 5.75 Å². The van der Waals surface area contributed by atoms with Crippen LogP contribution in [-0.4, -0.2) is 13.7 Å². The molecule has 0 saturated heterocycles. The summed E-state index contributed by atoms with van der Waals surface area (Å²) < 4.78 is 5.32. The lowest BCUT2D eigenvalue weighted by atomic mass is 9.93. The van der Waals surface area contributed by atoms with Crippen molar-refractivity contribution in [2.45, 2.75) is 45.1 Å². The van der Waals surface area contributed by atoms with Gasteiger partial charge in [0.2, 0.25) is 0 Å². The Kier molecular flexibility index (Phi) is 5.53. The largest absolute Gasteiger partial charge is 0.495 e. The topological polar surface area (TPSA) is 21.3 Å². The normalized spacial score (nSPS) is 17.6. The van der Waals surface area contributed by atoms with Gasteiger partial charge in [-0.2, -0.15) is 0 Å². The summed E-state index contributed by atoms with van der Waals surface area (Å²) in [5, 5.41) is 4.28. The molecule has 1 saturated carbocycles. The van der Waals surface area contributed by atoms with Gasteiger partial charge in [-0.3, -0.25) is 0 Å². The van der Waals surface area contributed by atoms with Gasteiger partial charge in [0, 0.05) is 6.04 Å². The van der Waals surface area contributed by atoms with Crippen molar-refractivity contribution in [2.75, 3.05) is 13.7 Å². The highest BCUT2D eigenvalue weighted by molar-refractivity contribution is 6.32. The third kappa shape index (κ3) is 3.87. The molecule has 0 aliphatic heterocycles. The summed E-state index contributed by atoms with van der Waals surface area (Å²) in [5.74, 6) is 1.64. The molecule has 0 heterocycles. The second kappa shape index (κ2) is 7.16. The lowest BCUT2D eigenvalue weighted by Gasteiger charge is -2.22. The molecule has 0 aromatic heterocycles. The zero-order chi connectivity index (χ0) is 13.7. The Morgan fingerprint density at radius 3 is 2.74 bits per heavy atom. The smallest absolute Gasteiger partial charge is 0.137 e. The van der Waals surface area contributed by atoms with Gasteiger partial charge < -0.3 is 10.1 Å². The van der Waals surface area contributed by atoms with Crippen LogP contribution < -0.4 is 10.1 Å². The molecule has 0 amide bonds. The quantitative estimate of drug-likeness (QED) is 0.824. The van der Waals surface area contributed by atoms with E-state index in [1.165, 1.54) is 37.7 Å². The molecule has 106 valence electrons. The van der Waals surface area contributed by atoms with Crippen LogP contribution in [-0.2, 0) is 0 Å². The average Bonchev–Trinajstić information content (AvgIpc) is 2.92. The first-order valence-corrected chi connectivity index (χ1v) is 7.69. The first-order valence-electron chi connectivity index (χ1n) is 7.31. The standard InChI is InChI=1S/C16H24ClNO/c1-3-18-15(10-12-6-4-5-7-12)13-8-9-14(17)16(11-13)19-2/h8-9,11-12,15,18H,3-7,10H2,1-2H3. The molecule has 1 atom stereocenters. The Balaban J connectivity index is 2.12. The molecule has 1 aliphatic carbocycles. The number of halogens is 1. The molecule has 1 aliphatic rings. The zero-order valence-corrected chi connectivity index (χ0v) is 12.7. The molecule has 19 heavy (non-hydrogen) atoms. The van der Waals surface area contributed by atoms with Crippen LogP contribution in [0.1, 0.15) is 50.6 Å². The highest BCUT2D eigenvalue weighted by Crippen LogP contribution is 2.35. The summed E-state index contributed by atoms with van der Waals surface area (Å²) in [6.45, 7) is 3.15. The first-order chi connectivity index (χ1) is 9.24. The van der Waals surface area contributed by atoms with Crippen LogP contribution in [0, 0.1) is 5.92 Å². The van der Waals surface area contributed by atoms with Crippen LogP contribution in [0.5, 0.6) is 5.75 Å². The Hall–Kier alpha value is -0.730. The van der Waals surface area contributed by atoms with Gasteiger partial charge >= 0.3 is 0 Å². The fourth-order valence-corrected chi connectivity index (χ4v) is 3.25. The predicted octanol–water partition coefficient (Wildman–Crippen LogP) is 4.58. The monoisotopic (exact) mass is 281 g/mol. The van der Waals surface area contributed by atoms with Gasteiger partial charge in [0.15, 0.2) is 0 Å². The van der Waals surface area contributed by atoms with E-state index in [9.17, 15) is 0 Å². The molecule has 0 radical (unpaired) electrons. The molecule has 3 heteroatoms. The van der Waals surface area contributed by atoms with E-state index in [2.05, 4.69) is 24.4 Å². The minimum atomic E-state index is 0.416. The van der Waals surface area contributed by atoms with Crippen LogP contribution in [0.3, 0.4) is 0 Å². The fraction of sp³-hybridized carbons (Fsp3) is 0.625. The summed E-state index contributed by atoms with van der Waals surface area (Å²) in [7, 11) is 1.67. The average molecular weight is 282 g/mol. The van der Waals surface area contributed by atoms with Gasteiger partial charge in [-0.1, -0.05) is 50.3 Å². The lowest BCUT2D eigenvalue weighted by Crippen LogP contribution is -2.23. The molecule has 1 fully saturated rings. The fourth-order valence-electron chi connectivity index (χ4n) is 3.06. The Morgan fingerprint density at radius 1 is 1.37 bits per heavy atom. The number of methoxy groups -OCH3 is 1. The molecule has 1 aromatic carbocycles. The van der Waals surface area contributed by atoms with E-state index in [1.807, 2.05) is 6.07 Å². The van der Waals surface area contributed by atoms with E-state index in [4.69, 9.17) is 16.3 Å².